The van der Waals surface area contributed by atoms with E-state index in [-0.39, 0.29) is 0 Å². The number of nitrogens with zero attached hydrogens (tertiary/aromatic N) is 2. The average Bonchev–Trinajstić information content (AvgIpc) is 3.27. The molecule has 0 unspecified atom stereocenters. The van der Waals surface area contributed by atoms with E-state index < -0.39 is 0 Å². The van der Waals surface area contributed by atoms with Crippen LogP contribution in [0.1, 0.15) is 11.1 Å². The van der Waals surface area contributed by atoms with Gasteiger partial charge in [0.15, 0.2) is 0 Å². The normalized spacial score (nSPS) is 24.8. The third kappa shape index (κ3) is 4.28. The summed E-state index contributed by atoms with van der Waals surface area (Å²) in [6.45, 7) is 3.97. The van der Waals surface area contributed by atoms with Crippen molar-refractivity contribution in [1.82, 2.24) is 9.80 Å². The number of ether oxygens (including phenoxy) is 2. The molecule has 0 aromatic heterocycles. The summed E-state index contributed by atoms with van der Waals surface area (Å²) in [5, 5.41) is 0. The minimum atomic E-state index is 0.445. The molecule has 0 amide bonds. The van der Waals surface area contributed by atoms with E-state index in [0.29, 0.717) is 25.5 Å². The minimum Gasteiger partial charge on any atom is -0.364 e. The van der Waals surface area contributed by atoms with Gasteiger partial charge in [0.1, 0.15) is 13.5 Å². The Balaban J connectivity index is 1.36. The maximum absolute atomic E-state index is 5.76. The first-order valence-corrected chi connectivity index (χ1v) is 9.10. The molecule has 2 atom stereocenters. The summed E-state index contributed by atoms with van der Waals surface area (Å²) in [6, 6.07) is 22.3. The molecule has 2 aliphatic rings. The molecule has 4 nitrogen and oxygen atoms in total. The lowest BCUT2D eigenvalue weighted by molar-refractivity contribution is 0.0534. The molecule has 4 heteroatoms. The number of hydrogen-bond acceptors (Lipinski definition) is 4. The predicted molar refractivity (Wildman–Crippen MR) is 98.1 cm³/mol. The molecule has 0 N–H and O–H groups in total. The van der Waals surface area contributed by atoms with Gasteiger partial charge in [-0.2, -0.15) is 0 Å². The largest absolute Gasteiger partial charge is 0.364 e. The second-order valence-electron chi connectivity index (χ2n) is 7.01. The molecule has 2 aliphatic heterocycles. The van der Waals surface area contributed by atoms with Crippen LogP contribution in [0.15, 0.2) is 60.7 Å². The fraction of sp³-hybridized carbons (Fsp3) is 0.429. The number of rotatable bonds is 6. The highest BCUT2D eigenvalue weighted by molar-refractivity contribution is 5.17. The minimum absolute atomic E-state index is 0.445. The van der Waals surface area contributed by atoms with E-state index in [1.54, 1.807) is 0 Å². The molecule has 0 radical (unpaired) electrons. The third-order valence-electron chi connectivity index (χ3n) is 5.16. The van der Waals surface area contributed by atoms with Gasteiger partial charge in [-0.3, -0.25) is 9.80 Å². The van der Waals surface area contributed by atoms with Gasteiger partial charge in [-0.1, -0.05) is 60.7 Å². The molecule has 0 saturated carbocycles. The van der Waals surface area contributed by atoms with Crippen molar-refractivity contribution in [2.24, 2.45) is 0 Å². The van der Waals surface area contributed by atoms with Crippen molar-refractivity contribution in [2.45, 2.75) is 24.9 Å². The lowest BCUT2D eigenvalue weighted by Crippen LogP contribution is -2.45. The SMILES string of the molecule is c1ccc(C[C@@H]2COCN2CN2COC[C@H]2Cc2ccccc2)cc1. The van der Waals surface area contributed by atoms with Gasteiger partial charge >= 0.3 is 0 Å². The van der Waals surface area contributed by atoms with E-state index in [1.165, 1.54) is 11.1 Å². The molecule has 2 heterocycles. The molecule has 0 aliphatic carbocycles. The topological polar surface area (TPSA) is 24.9 Å². The fourth-order valence-corrected chi connectivity index (χ4v) is 3.73. The Hall–Kier alpha value is -1.72. The summed E-state index contributed by atoms with van der Waals surface area (Å²) >= 11 is 0. The van der Waals surface area contributed by atoms with Gasteiger partial charge in [-0.15, -0.1) is 0 Å². The Morgan fingerprint density at radius 3 is 1.56 bits per heavy atom. The lowest BCUT2D eigenvalue weighted by Gasteiger charge is -2.30. The summed E-state index contributed by atoms with van der Waals surface area (Å²) in [7, 11) is 0. The van der Waals surface area contributed by atoms with Gasteiger partial charge in [0.05, 0.1) is 19.9 Å². The molecule has 132 valence electrons. The van der Waals surface area contributed by atoms with Crippen LogP contribution in [0.3, 0.4) is 0 Å². The van der Waals surface area contributed by atoms with Crippen molar-refractivity contribution in [3.63, 3.8) is 0 Å². The van der Waals surface area contributed by atoms with Crippen molar-refractivity contribution in [2.75, 3.05) is 33.3 Å². The standard InChI is InChI=1S/C21H26N2O2/c1-3-7-18(8-4-1)11-20-13-24-16-22(20)15-23-17-25-14-21(23)12-19-9-5-2-6-10-19/h1-10,20-21H,11-17H2/t20-,21-/m1/s1. The van der Waals surface area contributed by atoms with Crippen LogP contribution in [0.25, 0.3) is 0 Å². The third-order valence-corrected chi connectivity index (χ3v) is 5.16. The van der Waals surface area contributed by atoms with E-state index >= 15 is 0 Å². The van der Waals surface area contributed by atoms with Crippen LogP contribution in [-0.2, 0) is 22.3 Å². The van der Waals surface area contributed by atoms with E-state index in [2.05, 4.69) is 70.5 Å². The van der Waals surface area contributed by atoms with Crippen LogP contribution in [-0.4, -0.2) is 55.2 Å². The van der Waals surface area contributed by atoms with Crippen LogP contribution in [0, 0.1) is 0 Å². The van der Waals surface area contributed by atoms with Gasteiger partial charge in [-0.05, 0) is 24.0 Å². The van der Waals surface area contributed by atoms with Crippen molar-refractivity contribution in [3.8, 4) is 0 Å². The highest BCUT2D eigenvalue weighted by Crippen LogP contribution is 2.20. The Bertz CT molecular complexity index is 592. The maximum Gasteiger partial charge on any atom is 0.100 e. The average molecular weight is 338 g/mol. The smallest absolute Gasteiger partial charge is 0.100 e. The van der Waals surface area contributed by atoms with Crippen molar-refractivity contribution < 1.29 is 9.47 Å². The van der Waals surface area contributed by atoms with E-state index in [4.69, 9.17) is 9.47 Å². The van der Waals surface area contributed by atoms with Crippen LogP contribution in [0.5, 0.6) is 0 Å². The van der Waals surface area contributed by atoms with Gasteiger partial charge in [0, 0.05) is 12.1 Å². The molecule has 4 rings (SSSR count). The van der Waals surface area contributed by atoms with Crippen LogP contribution < -0.4 is 0 Å². The van der Waals surface area contributed by atoms with Crippen molar-refractivity contribution in [3.05, 3.63) is 71.8 Å². The first-order valence-electron chi connectivity index (χ1n) is 9.10. The summed E-state index contributed by atoms with van der Waals surface area (Å²) < 4.78 is 11.5. The quantitative estimate of drug-likeness (QED) is 0.809. The molecule has 25 heavy (non-hydrogen) atoms. The summed E-state index contributed by atoms with van der Waals surface area (Å²) in [5.74, 6) is 0. The lowest BCUT2D eigenvalue weighted by atomic mass is 10.1. The van der Waals surface area contributed by atoms with Crippen molar-refractivity contribution >= 4 is 0 Å². The van der Waals surface area contributed by atoms with Gasteiger partial charge < -0.3 is 9.47 Å². The highest BCUT2D eigenvalue weighted by Gasteiger charge is 2.32. The van der Waals surface area contributed by atoms with Crippen LogP contribution >= 0.6 is 0 Å². The molecular weight excluding hydrogens is 312 g/mol. The molecule has 0 bridgehead atoms. The Morgan fingerprint density at radius 2 is 1.12 bits per heavy atom. The zero-order chi connectivity index (χ0) is 16.9. The monoisotopic (exact) mass is 338 g/mol. The van der Waals surface area contributed by atoms with E-state index in [9.17, 15) is 0 Å². The van der Waals surface area contributed by atoms with E-state index in [0.717, 1.165) is 32.7 Å². The second-order valence-corrected chi connectivity index (χ2v) is 7.01. The Labute approximate surface area is 150 Å². The van der Waals surface area contributed by atoms with Crippen LogP contribution in [0.4, 0.5) is 0 Å². The number of benzene rings is 2. The summed E-state index contributed by atoms with van der Waals surface area (Å²) in [6.07, 6.45) is 2.08. The first kappa shape index (κ1) is 16.7. The number of hydrogen-bond donors (Lipinski definition) is 0. The predicted octanol–water partition coefficient (Wildman–Crippen LogP) is 2.75. The molecule has 2 saturated heterocycles. The fourth-order valence-electron chi connectivity index (χ4n) is 3.73. The Morgan fingerprint density at radius 1 is 0.680 bits per heavy atom. The van der Waals surface area contributed by atoms with Gasteiger partial charge in [0.2, 0.25) is 0 Å². The summed E-state index contributed by atoms with van der Waals surface area (Å²) in [4.78, 5) is 4.89. The van der Waals surface area contributed by atoms with Gasteiger partial charge in [0.25, 0.3) is 0 Å². The zero-order valence-corrected chi connectivity index (χ0v) is 14.6. The van der Waals surface area contributed by atoms with Crippen molar-refractivity contribution in [1.29, 1.82) is 0 Å². The molecule has 0 spiro atoms. The molecule has 2 fully saturated rings. The highest BCUT2D eigenvalue weighted by atomic mass is 16.5. The zero-order valence-electron chi connectivity index (χ0n) is 14.6. The second kappa shape index (κ2) is 8.11. The maximum atomic E-state index is 5.76. The first-order chi connectivity index (χ1) is 12.4. The molecule has 2 aromatic carbocycles. The summed E-state index contributed by atoms with van der Waals surface area (Å²) in [5.41, 5.74) is 2.75. The van der Waals surface area contributed by atoms with Crippen LogP contribution in [0.2, 0.25) is 0 Å². The molecule has 2 aromatic rings. The van der Waals surface area contributed by atoms with Gasteiger partial charge in [-0.25, -0.2) is 0 Å². The Kier molecular flexibility index (Phi) is 5.43. The molecular formula is C21H26N2O2. The van der Waals surface area contributed by atoms with E-state index in [1.807, 2.05) is 0 Å².